The van der Waals surface area contributed by atoms with Gasteiger partial charge in [0.1, 0.15) is 11.6 Å². The number of carbonyl (C=O) groups excluding carboxylic acids is 1. The Morgan fingerprint density at radius 3 is 2.39 bits per heavy atom. The topological polar surface area (TPSA) is 84.5 Å². The summed E-state index contributed by atoms with van der Waals surface area (Å²) >= 11 is 0. The van der Waals surface area contributed by atoms with Crippen molar-refractivity contribution in [2.45, 2.75) is 24.3 Å². The van der Waals surface area contributed by atoms with Gasteiger partial charge in [0.15, 0.2) is 0 Å². The average molecular weight is 443 g/mol. The van der Waals surface area contributed by atoms with E-state index < -0.39 is 21.7 Å². The molecule has 8 heteroatoms. The molecule has 1 amide bonds. The minimum Gasteiger partial charge on any atom is -0.497 e. The van der Waals surface area contributed by atoms with Crippen LogP contribution in [0.15, 0.2) is 77.7 Å². The third kappa shape index (κ3) is 5.40. The smallest absolute Gasteiger partial charge is 0.262 e. The van der Waals surface area contributed by atoms with Crippen LogP contribution < -0.4 is 14.8 Å². The fraction of sp³-hybridized carbons (Fsp3) is 0.174. The number of hydrogen-bond donors (Lipinski definition) is 2. The lowest BCUT2D eigenvalue weighted by molar-refractivity contribution is 0.0935. The van der Waals surface area contributed by atoms with E-state index in [1.165, 1.54) is 42.5 Å². The van der Waals surface area contributed by atoms with E-state index in [4.69, 9.17) is 4.74 Å². The first kappa shape index (κ1) is 22.3. The molecule has 0 radical (unpaired) electrons. The van der Waals surface area contributed by atoms with Crippen molar-refractivity contribution in [3.63, 3.8) is 0 Å². The Labute approximate surface area is 181 Å². The lowest BCUT2D eigenvalue weighted by atomic mass is 10.0. The summed E-state index contributed by atoms with van der Waals surface area (Å²) in [5, 5.41) is 2.92. The summed E-state index contributed by atoms with van der Waals surface area (Å²) < 4.78 is 46.5. The van der Waals surface area contributed by atoms with Crippen molar-refractivity contribution in [2.75, 3.05) is 11.8 Å². The quantitative estimate of drug-likeness (QED) is 0.537. The molecular formula is C23H23FN2O4S. The highest BCUT2D eigenvalue weighted by Gasteiger charge is 2.19. The Balaban J connectivity index is 1.79. The largest absolute Gasteiger partial charge is 0.497 e. The predicted octanol–water partition coefficient (Wildman–Crippen LogP) is 4.52. The molecule has 0 unspecified atom stereocenters. The fourth-order valence-electron chi connectivity index (χ4n) is 3.05. The van der Waals surface area contributed by atoms with Crippen LogP contribution in [-0.2, 0) is 10.0 Å². The van der Waals surface area contributed by atoms with Crippen LogP contribution in [0.1, 0.15) is 35.3 Å². The van der Waals surface area contributed by atoms with Crippen molar-refractivity contribution >= 4 is 21.6 Å². The Morgan fingerprint density at radius 1 is 1.03 bits per heavy atom. The molecule has 6 nitrogen and oxygen atoms in total. The van der Waals surface area contributed by atoms with Crippen molar-refractivity contribution in [3.8, 4) is 5.75 Å². The molecule has 3 aromatic carbocycles. The molecule has 0 spiro atoms. The van der Waals surface area contributed by atoms with E-state index in [1.54, 1.807) is 7.11 Å². The summed E-state index contributed by atoms with van der Waals surface area (Å²) in [6.07, 6.45) is 0.644. The molecule has 2 N–H and O–H groups in total. The van der Waals surface area contributed by atoms with Gasteiger partial charge in [-0.15, -0.1) is 0 Å². The minimum absolute atomic E-state index is 0.138. The molecule has 3 rings (SSSR count). The average Bonchev–Trinajstić information content (AvgIpc) is 2.79. The Kier molecular flexibility index (Phi) is 6.91. The maximum absolute atomic E-state index is 13.8. The second kappa shape index (κ2) is 9.61. The lowest BCUT2D eigenvalue weighted by Crippen LogP contribution is -2.28. The van der Waals surface area contributed by atoms with Crippen molar-refractivity contribution in [1.29, 1.82) is 0 Å². The van der Waals surface area contributed by atoms with Crippen LogP contribution in [0.4, 0.5) is 10.1 Å². The molecular weight excluding hydrogens is 419 g/mol. The highest BCUT2D eigenvalue weighted by atomic mass is 32.2. The molecule has 0 saturated heterocycles. The van der Waals surface area contributed by atoms with Gasteiger partial charge in [-0.25, -0.2) is 12.8 Å². The maximum atomic E-state index is 13.8. The number of benzene rings is 3. The number of sulfonamides is 1. The maximum Gasteiger partial charge on any atom is 0.262 e. The van der Waals surface area contributed by atoms with Gasteiger partial charge < -0.3 is 10.1 Å². The van der Waals surface area contributed by atoms with Gasteiger partial charge >= 0.3 is 0 Å². The summed E-state index contributed by atoms with van der Waals surface area (Å²) in [6.45, 7) is 1.94. The molecule has 31 heavy (non-hydrogen) atoms. The highest BCUT2D eigenvalue weighted by Crippen LogP contribution is 2.22. The minimum atomic E-state index is -4.07. The van der Waals surface area contributed by atoms with Gasteiger partial charge in [0, 0.05) is 5.56 Å². The molecule has 0 fully saturated rings. The van der Waals surface area contributed by atoms with Gasteiger partial charge in [0.05, 0.1) is 23.7 Å². The second-order valence-corrected chi connectivity index (χ2v) is 8.50. The number of anilines is 1. The molecule has 0 aromatic heterocycles. The van der Waals surface area contributed by atoms with Gasteiger partial charge in [-0.05, 0) is 54.4 Å². The number of methoxy groups -OCH3 is 1. The number of ether oxygens (including phenoxy) is 1. The van der Waals surface area contributed by atoms with E-state index in [0.29, 0.717) is 12.2 Å². The first-order chi connectivity index (χ1) is 14.8. The van der Waals surface area contributed by atoms with Gasteiger partial charge in [-0.1, -0.05) is 37.3 Å². The number of nitrogens with one attached hydrogen (secondary N) is 2. The molecule has 0 saturated carbocycles. The predicted molar refractivity (Wildman–Crippen MR) is 117 cm³/mol. The Hall–Kier alpha value is -3.39. The number of carbonyl (C=O) groups is 1. The van der Waals surface area contributed by atoms with Crippen LogP contribution in [0.3, 0.4) is 0 Å². The van der Waals surface area contributed by atoms with E-state index in [1.807, 2.05) is 31.2 Å². The summed E-state index contributed by atoms with van der Waals surface area (Å²) in [5.74, 6) is -0.388. The number of para-hydroxylation sites is 1. The molecule has 1 atom stereocenters. The molecule has 0 aliphatic carbocycles. The molecule has 162 valence electrons. The monoisotopic (exact) mass is 442 g/mol. The number of amides is 1. The molecule has 3 aromatic rings. The van der Waals surface area contributed by atoms with Crippen LogP contribution in [0.25, 0.3) is 0 Å². The van der Waals surface area contributed by atoms with Crippen LogP contribution >= 0.6 is 0 Å². The van der Waals surface area contributed by atoms with Crippen molar-refractivity contribution < 1.29 is 22.3 Å². The van der Waals surface area contributed by atoms with Crippen LogP contribution in [-0.4, -0.2) is 21.4 Å². The SMILES string of the molecule is CC[C@H](NC(=O)c1cccc(S(=O)(=O)Nc2ccccc2F)c1)c1ccc(OC)cc1. The van der Waals surface area contributed by atoms with Gasteiger partial charge in [0.2, 0.25) is 0 Å². The number of rotatable bonds is 8. The van der Waals surface area contributed by atoms with E-state index in [-0.39, 0.29) is 22.2 Å². The fourth-order valence-corrected chi connectivity index (χ4v) is 4.16. The zero-order chi connectivity index (χ0) is 22.4. The first-order valence-corrected chi connectivity index (χ1v) is 11.1. The number of halogens is 1. The summed E-state index contributed by atoms with van der Waals surface area (Å²) in [4.78, 5) is 12.7. The van der Waals surface area contributed by atoms with Crippen LogP contribution in [0, 0.1) is 5.82 Å². The van der Waals surface area contributed by atoms with Crippen molar-refractivity contribution in [2.24, 2.45) is 0 Å². The standard InChI is InChI=1S/C23H23FN2O4S/c1-3-21(16-11-13-18(30-2)14-12-16)25-23(27)17-7-6-8-19(15-17)31(28,29)26-22-10-5-4-9-20(22)24/h4-15,21,26H,3H2,1-2H3,(H,25,27)/t21-/m0/s1. The van der Waals surface area contributed by atoms with E-state index in [0.717, 1.165) is 11.6 Å². The van der Waals surface area contributed by atoms with Crippen LogP contribution in [0.5, 0.6) is 5.75 Å². The molecule has 0 aliphatic rings. The Morgan fingerprint density at radius 2 is 1.74 bits per heavy atom. The van der Waals surface area contributed by atoms with Gasteiger partial charge in [-0.3, -0.25) is 9.52 Å². The van der Waals surface area contributed by atoms with Gasteiger partial charge in [-0.2, -0.15) is 0 Å². The first-order valence-electron chi connectivity index (χ1n) is 9.66. The zero-order valence-electron chi connectivity index (χ0n) is 17.1. The van der Waals surface area contributed by atoms with E-state index >= 15 is 0 Å². The van der Waals surface area contributed by atoms with Crippen molar-refractivity contribution in [1.82, 2.24) is 5.32 Å². The highest BCUT2D eigenvalue weighted by molar-refractivity contribution is 7.92. The molecule has 0 aliphatic heterocycles. The zero-order valence-corrected chi connectivity index (χ0v) is 17.9. The van der Waals surface area contributed by atoms with Gasteiger partial charge in [0.25, 0.3) is 15.9 Å². The molecule has 0 bridgehead atoms. The lowest BCUT2D eigenvalue weighted by Gasteiger charge is -2.18. The second-order valence-electron chi connectivity index (χ2n) is 6.82. The van der Waals surface area contributed by atoms with E-state index in [2.05, 4.69) is 10.0 Å². The third-order valence-electron chi connectivity index (χ3n) is 4.76. The Bertz CT molecular complexity index is 1160. The number of hydrogen-bond acceptors (Lipinski definition) is 4. The third-order valence-corrected chi connectivity index (χ3v) is 6.12. The van der Waals surface area contributed by atoms with Crippen molar-refractivity contribution in [3.05, 3.63) is 89.7 Å². The summed E-state index contributed by atoms with van der Waals surface area (Å²) in [5.41, 5.74) is 0.924. The molecule has 0 heterocycles. The summed E-state index contributed by atoms with van der Waals surface area (Å²) in [6, 6.07) is 18.2. The van der Waals surface area contributed by atoms with E-state index in [9.17, 15) is 17.6 Å². The van der Waals surface area contributed by atoms with Crippen LogP contribution in [0.2, 0.25) is 0 Å². The summed E-state index contributed by atoms with van der Waals surface area (Å²) in [7, 11) is -2.49. The normalized spacial score (nSPS) is 12.1.